The lowest BCUT2D eigenvalue weighted by atomic mass is 11.3. The van der Waals surface area contributed by atoms with E-state index in [1.165, 1.54) is 0 Å². The summed E-state index contributed by atoms with van der Waals surface area (Å²) in [7, 11) is 0. The van der Waals surface area contributed by atoms with Crippen molar-refractivity contribution in [2.75, 3.05) is 12.9 Å². The van der Waals surface area contributed by atoms with Crippen molar-refractivity contribution in [2.45, 2.75) is 0 Å². The van der Waals surface area contributed by atoms with Crippen LogP contribution in [0.4, 0.5) is 4.79 Å². The Hall–Kier alpha value is -0.480. The Balaban J connectivity index is 2.82. The highest BCUT2D eigenvalue weighted by molar-refractivity contribution is 6.17. The van der Waals surface area contributed by atoms with Crippen LogP contribution in [0.15, 0.2) is 0 Å². The number of rotatable bonds is 3. The molecule has 0 amide bonds. The van der Waals surface area contributed by atoms with Gasteiger partial charge in [0.05, 0.1) is 0 Å². The molecular formula is C3H5ClO4. The van der Waals surface area contributed by atoms with Gasteiger partial charge in [-0.1, -0.05) is 11.6 Å². The molecule has 0 fully saturated rings. The topological polar surface area (TPSA) is 55.8 Å². The monoisotopic (exact) mass is 140 g/mol. The summed E-state index contributed by atoms with van der Waals surface area (Å²) in [5, 5.41) is 7.79. The summed E-state index contributed by atoms with van der Waals surface area (Å²) in [5.74, 6) is 0. The Labute approximate surface area is 51.0 Å². The largest absolute Gasteiger partial charge is 0.507 e. The van der Waals surface area contributed by atoms with Crippen LogP contribution in [0.25, 0.3) is 0 Å². The normalized spacial score (nSPS) is 8.62. The molecule has 0 radical (unpaired) electrons. The molecule has 0 aliphatic rings. The van der Waals surface area contributed by atoms with Gasteiger partial charge in [0, 0.05) is 0 Å². The average molecular weight is 141 g/mol. The van der Waals surface area contributed by atoms with Crippen LogP contribution in [-0.2, 0) is 9.47 Å². The van der Waals surface area contributed by atoms with Crippen LogP contribution in [0.2, 0.25) is 0 Å². The summed E-state index contributed by atoms with van der Waals surface area (Å²) in [6.45, 7) is -0.307. The second kappa shape index (κ2) is 4.67. The van der Waals surface area contributed by atoms with Crippen molar-refractivity contribution in [3.63, 3.8) is 0 Å². The molecule has 0 aromatic rings. The molecule has 0 spiro atoms. The Morgan fingerprint density at radius 3 is 2.75 bits per heavy atom. The second-order valence-corrected chi connectivity index (χ2v) is 1.06. The Kier molecular flexibility index (Phi) is 4.39. The van der Waals surface area contributed by atoms with Crippen molar-refractivity contribution in [2.24, 2.45) is 0 Å². The summed E-state index contributed by atoms with van der Waals surface area (Å²) < 4.78 is 8.20. The van der Waals surface area contributed by atoms with E-state index in [0.717, 1.165) is 0 Å². The van der Waals surface area contributed by atoms with E-state index in [1.54, 1.807) is 0 Å². The van der Waals surface area contributed by atoms with Crippen LogP contribution < -0.4 is 0 Å². The van der Waals surface area contributed by atoms with E-state index in [-0.39, 0.29) is 12.9 Å². The van der Waals surface area contributed by atoms with Crippen molar-refractivity contribution >= 4 is 17.8 Å². The first-order chi connectivity index (χ1) is 3.77. The zero-order valence-corrected chi connectivity index (χ0v) is 4.72. The molecule has 5 heteroatoms. The molecule has 0 aromatic heterocycles. The van der Waals surface area contributed by atoms with Gasteiger partial charge in [-0.05, 0) is 0 Å². The highest BCUT2D eigenvalue weighted by atomic mass is 35.5. The first kappa shape index (κ1) is 7.52. The maximum absolute atomic E-state index is 9.53. The molecule has 48 valence electrons. The highest BCUT2D eigenvalue weighted by Gasteiger charge is 1.91. The molecule has 4 nitrogen and oxygen atoms in total. The molecule has 0 rings (SSSR count). The molecule has 0 unspecified atom stereocenters. The molecule has 0 saturated carbocycles. The molecule has 1 N–H and O–H groups in total. The molecule has 0 aliphatic heterocycles. The lowest BCUT2D eigenvalue weighted by Gasteiger charge is -1.95. The minimum Gasteiger partial charge on any atom is -0.450 e. The molecule has 0 atom stereocenters. The maximum Gasteiger partial charge on any atom is 0.507 e. The number of carbonyl (C=O) groups is 1. The van der Waals surface area contributed by atoms with Gasteiger partial charge in [0.2, 0.25) is 0 Å². The number of hydrogen-bond donors (Lipinski definition) is 1. The van der Waals surface area contributed by atoms with Crippen LogP contribution >= 0.6 is 11.6 Å². The summed E-state index contributed by atoms with van der Waals surface area (Å²) in [5.41, 5.74) is 0. The quantitative estimate of drug-likeness (QED) is 0.273. The standard InChI is InChI=1S/C3H5ClO4/c4-1-7-2-8-3(5)6/h1-2H2,(H,5,6). The van der Waals surface area contributed by atoms with Gasteiger partial charge in [-0.3, -0.25) is 0 Å². The predicted molar refractivity (Wildman–Crippen MR) is 25.8 cm³/mol. The SMILES string of the molecule is O=C(O)OCOCCl. The lowest BCUT2D eigenvalue weighted by molar-refractivity contribution is -0.0182. The van der Waals surface area contributed by atoms with E-state index in [4.69, 9.17) is 16.7 Å². The summed E-state index contributed by atoms with van der Waals surface area (Å²) in [6, 6.07) is -0.0622. The van der Waals surface area contributed by atoms with Gasteiger partial charge in [-0.15, -0.1) is 0 Å². The Morgan fingerprint density at radius 1 is 1.75 bits per heavy atom. The fourth-order valence-electron chi connectivity index (χ4n) is 0.124. The third kappa shape index (κ3) is 5.52. The van der Waals surface area contributed by atoms with Gasteiger partial charge in [0.25, 0.3) is 0 Å². The van der Waals surface area contributed by atoms with Gasteiger partial charge in [0.15, 0.2) is 6.79 Å². The molecule has 0 saturated heterocycles. The highest BCUT2D eigenvalue weighted by Crippen LogP contribution is 1.80. The minimum absolute atomic E-state index is 0.0622. The van der Waals surface area contributed by atoms with E-state index in [1.807, 2.05) is 0 Å². The summed E-state index contributed by atoms with van der Waals surface area (Å²) >= 11 is 4.99. The fourth-order valence-corrected chi connectivity index (χ4v) is 0.187. The zero-order valence-electron chi connectivity index (χ0n) is 3.96. The van der Waals surface area contributed by atoms with Crippen molar-refractivity contribution in [3.8, 4) is 0 Å². The third-order valence-electron chi connectivity index (χ3n) is 0.343. The van der Waals surface area contributed by atoms with Gasteiger partial charge in [0.1, 0.15) is 6.07 Å². The third-order valence-corrected chi connectivity index (χ3v) is 0.497. The van der Waals surface area contributed by atoms with Crippen LogP contribution in [0.1, 0.15) is 0 Å². The predicted octanol–water partition coefficient (Wildman–Crippen LogP) is 0.851. The number of halogens is 1. The average Bonchev–Trinajstić information content (AvgIpc) is 1.66. The summed E-state index contributed by atoms with van der Waals surface area (Å²) in [4.78, 5) is 9.53. The maximum atomic E-state index is 9.53. The Morgan fingerprint density at radius 2 is 2.38 bits per heavy atom. The fraction of sp³-hybridized carbons (Fsp3) is 0.667. The van der Waals surface area contributed by atoms with E-state index in [9.17, 15) is 4.79 Å². The van der Waals surface area contributed by atoms with Crippen LogP contribution in [0, 0.1) is 0 Å². The molecule has 0 heterocycles. The van der Waals surface area contributed by atoms with Crippen molar-refractivity contribution in [1.29, 1.82) is 0 Å². The van der Waals surface area contributed by atoms with E-state index >= 15 is 0 Å². The minimum atomic E-state index is -1.37. The molecular weight excluding hydrogens is 135 g/mol. The molecule has 0 aliphatic carbocycles. The van der Waals surface area contributed by atoms with Gasteiger partial charge >= 0.3 is 6.16 Å². The number of alkyl halides is 1. The van der Waals surface area contributed by atoms with Crippen LogP contribution in [-0.4, -0.2) is 24.1 Å². The number of carboxylic acid groups (broad SMARTS) is 1. The lowest BCUT2D eigenvalue weighted by Crippen LogP contribution is -2.03. The zero-order chi connectivity index (χ0) is 6.41. The van der Waals surface area contributed by atoms with E-state index < -0.39 is 6.16 Å². The van der Waals surface area contributed by atoms with Crippen molar-refractivity contribution in [1.82, 2.24) is 0 Å². The number of hydrogen-bond acceptors (Lipinski definition) is 3. The van der Waals surface area contributed by atoms with Crippen molar-refractivity contribution in [3.05, 3.63) is 0 Å². The van der Waals surface area contributed by atoms with Crippen LogP contribution in [0.5, 0.6) is 0 Å². The van der Waals surface area contributed by atoms with Gasteiger partial charge < -0.3 is 14.6 Å². The van der Waals surface area contributed by atoms with Crippen molar-refractivity contribution < 1.29 is 19.4 Å². The van der Waals surface area contributed by atoms with Crippen LogP contribution in [0.3, 0.4) is 0 Å². The smallest absolute Gasteiger partial charge is 0.450 e. The first-order valence-corrected chi connectivity index (χ1v) is 2.30. The van der Waals surface area contributed by atoms with Gasteiger partial charge in [-0.2, -0.15) is 0 Å². The second-order valence-electron chi connectivity index (χ2n) is 0.841. The van der Waals surface area contributed by atoms with E-state index in [0.29, 0.717) is 0 Å². The van der Waals surface area contributed by atoms with E-state index in [2.05, 4.69) is 9.47 Å². The molecule has 0 bridgehead atoms. The summed E-state index contributed by atoms with van der Waals surface area (Å²) in [6.07, 6.45) is -1.37. The molecule has 8 heavy (non-hydrogen) atoms. The number of ether oxygens (including phenoxy) is 2. The Bertz CT molecular complexity index is 73.7. The first-order valence-electron chi connectivity index (χ1n) is 1.77. The molecule has 0 aromatic carbocycles. The van der Waals surface area contributed by atoms with Gasteiger partial charge in [-0.25, -0.2) is 4.79 Å².